The summed E-state index contributed by atoms with van der Waals surface area (Å²) in [4.78, 5) is 29.3. The molecule has 3 aliphatic rings. The Hall–Kier alpha value is -2.61. The van der Waals surface area contributed by atoms with Crippen molar-refractivity contribution >= 4 is 39.1 Å². The normalized spacial score (nSPS) is 17.9. The molecule has 2 aromatic carbocycles. The number of ether oxygens (including phenoxy) is 3. The number of rotatable bonds is 9. The van der Waals surface area contributed by atoms with Crippen molar-refractivity contribution in [3.8, 4) is 11.5 Å². The predicted octanol–water partition coefficient (Wildman–Crippen LogP) is 7.14. The fraction of sp³-hybridized carbons (Fsp3) is 0.419. The first-order valence-electron chi connectivity index (χ1n) is 13.5. The van der Waals surface area contributed by atoms with Crippen LogP contribution in [-0.4, -0.2) is 43.8 Å². The van der Waals surface area contributed by atoms with Crippen LogP contribution in [0.2, 0.25) is 5.02 Å². The van der Waals surface area contributed by atoms with Crippen molar-refractivity contribution < 1.29 is 23.8 Å². The van der Waals surface area contributed by atoms with E-state index in [1.807, 2.05) is 36.4 Å². The van der Waals surface area contributed by atoms with Crippen LogP contribution in [0.3, 0.4) is 0 Å². The third kappa shape index (κ3) is 5.67. The summed E-state index contributed by atoms with van der Waals surface area (Å²) in [6.45, 7) is 1.69. The van der Waals surface area contributed by atoms with E-state index in [1.165, 1.54) is 0 Å². The molecule has 6 nitrogen and oxygen atoms in total. The highest BCUT2D eigenvalue weighted by Gasteiger charge is 2.43. The van der Waals surface area contributed by atoms with Crippen molar-refractivity contribution in [2.75, 3.05) is 27.4 Å². The topological polar surface area (TPSA) is 65.1 Å². The number of allylic oxidation sites excluding steroid dienone is 4. The molecule has 0 saturated heterocycles. The molecule has 0 aromatic heterocycles. The molecule has 0 atom stereocenters. The molecule has 8 heteroatoms. The van der Waals surface area contributed by atoms with Crippen LogP contribution < -0.4 is 9.47 Å². The highest BCUT2D eigenvalue weighted by molar-refractivity contribution is 9.10. The second kappa shape index (κ2) is 12.3. The van der Waals surface area contributed by atoms with Gasteiger partial charge in [0, 0.05) is 66.6 Å². The van der Waals surface area contributed by atoms with E-state index in [-0.39, 0.29) is 11.6 Å². The van der Waals surface area contributed by atoms with Crippen molar-refractivity contribution in [3.05, 3.63) is 79.6 Å². The smallest absolute Gasteiger partial charge is 0.175 e. The number of halogens is 2. The average molecular weight is 615 g/mol. The lowest BCUT2D eigenvalue weighted by molar-refractivity contribution is -0.117. The fourth-order valence-electron chi connectivity index (χ4n) is 6.02. The van der Waals surface area contributed by atoms with Crippen LogP contribution in [-0.2, 0) is 20.9 Å². The Kier molecular flexibility index (Phi) is 8.79. The molecular formula is C31H33BrClNO5. The summed E-state index contributed by atoms with van der Waals surface area (Å²) in [5.41, 5.74) is 5.44. The maximum absolute atomic E-state index is 13.5. The zero-order chi connectivity index (χ0) is 27.5. The van der Waals surface area contributed by atoms with Crippen LogP contribution in [0.15, 0.2) is 63.4 Å². The number of carbonyl (C=O) groups is 2. The van der Waals surface area contributed by atoms with Crippen LogP contribution in [0, 0.1) is 0 Å². The molecule has 0 N–H and O–H groups in total. The molecule has 1 heterocycles. The lowest BCUT2D eigenvalue weighted by atomic mass is 9.71. The summed E-state index contributed by atoms with van der Waals surface area (Å²) in [6.07, 6.45) is 5.13. The largest absolute Gasteiger partial charge is 0.493 e. The standard InChI is InChI=1S/C31H33BrClNO5/c1-37-14-6-13-34-23-9-4-11-25(35)29(23)28(30-24(34)10-5-12-26(30)36)20-16-22(32)31(27(17-20)38-2)39-18-19-7-3-8-21(33)15-19/h3,7-8,15-17,28H,4-6,9-14,18H2,1-2H3. The van der Waals surface area contributed by atoms with E-state index in [0.717, 1.165) is 72.3 Å². The minimum Gasteiger partial charge on any atom is -0.493 e. The molecule has 0 bridgehead atoms. The van der Waals surface area contributed by atoms with Crippen molar-refractivity contribution in [3.63, 3.8) is 0 Å². The van der Waals surface area contributed by atoms with E-state index in [1.54, 1.807) is 14.2 Å². The Balaban J connectivity index is 1.57. The van der Waals surface area contributed by atoms with Gasteiger partial charge in [-0.2, -0.15) is 0 Å². The molecule has 1 aliphatic heterocycles. The van der Waals surface area contributed by atoms with Crippen LogP contribution in [0.5, 0.6) is 11.5 Å². The van der Waals surface area contributed by atoms with Gasteiger partial charge in [0.15, 0.2) is 23.1 Å². The highest BCUT2D eigenvalue weighted by Crippen LogP contribution is 2.51. The molecule has 39 heavy (non-hydrogen) atoms. The van der Waals surface area contributed by atoms with Gasteiger partial charge in [-0.1, -0.05) is 23.7 Å². The lowest BCUT2D eigenvalue weighted by Crippen LogP contribution is -2.39. The molecule has 206 valence electrons. The Labute approximate surface area is 243 Å². The van der Waals surface area contributed by atoms with Gasteiger partial charge in [-0.3, -0.25) is 9.59 Å². The highest BCUT2D eigenvalue weighted by atomic mass is 79.9. The van der Waals surface area contributed by atoms with E-state index < -0.39 is 5.92 Å². The predicted molar refractivity (Wildman–Crippen MR) is 154 cm³/mol. The summed E-state index contributed by atoms with van der Waals surface area (Å²) < 4.78 is 18.0. The minimum absolute atomic E-state index is 0.124. The Morgan fingerprint density at radius 3 is 2.28 bits per heavy atom. The molecule has 2 aliphatic carbocycles. The number of hydrogen-bond donors (Lipinski definition) is 0. The summed E-state index contributed by atoms with van der Waals surface area (Å²) in [7, 11) is 3.30. The van der Waals surface area contributed by atoms with Gasteiger partial charge >= 0.3 is 0 Å². The molecule has 0 saturated carbocycles. The molecule has 0 spiro atoms. The van der Waals surface area contributed by atoms with Gasteiger partial charge < -0.3 is 19.1 Å². The Morgan fingerprint density at radius 1 is 0.974 bits per heavy atom. The van der Waals surface area contributed by atoms with Crippen LogP contribution in [0.4, 0.5) is 0 Å². The first-order valence-corrected chi connectivity index (χ1v) is 14.6. The van der Waals surface area contributed by atoms with E-state index in [4.69, 9.17) is 25.8 Å². The molecule has 0 unspecified atom stereocenters. The molecule has 0 amide bonds. The third-order valence-corrected chi connectivity index (χ3v) is 8.50. The van der Waals surface area contributed by atoms with Gasteiger partial charge in [-0.05, 0) is 83.4 Å². The molecule has 5 rings (SSSR count). The Bertz CT molecular complexity index is 1310. The molecular weight excluding hydrogens is 582 g/mol. The maximum Gasteiger partial charge on any atom is 0.175 e. The number of Topliss-reactive ketones (excluding diaryl/α,β-unsaturated/α-hetero) is 2. The second-order valence-electron chi connectivity index (χ2n) is 10.2. The van der Waals surface area contributed by atoms with Crippen molar-refractivity contribution in [2.24, 2.45) is 0 Å². The van der Waals surface area contributed by atoms with Crippen molar-refractivity contribution in [1.29, 1.82) is 0 Å². The molecule has 2 aromatic rings. The second-order valence-corrected chi connectivity index (χ2v) is 11.4. The van der Waals surface area contributed by atoms with E-state index in [0.29, 0.717) is 47.0 Å². The number of ketones is 2. The summed E-state index contributed by atoms with van der Waals surface area (Å²) in [6, 6.07) is 11.4. The van der Waals surface area contributed by atoms with Gasteiger partial charge in [0.05, 0.1) is 11.6 Å². The number of nitrogens with zero attached hydrogens (tertiary/aromatic N) is 1. The van der Waals surface area contributed by atoms with Crippen LogP contribution in [0.1, 0.15) is 62.0 Å². The quantitative estimate of drug-likeness (QED) is 0.280. The molecule has 0 fully saturated rings. The van der Waals surface area contributed by atoms with Crippen molar-refractivity contribution in [2.45, 2.75) is 57.5 Å². The van der Waals surface area contributed by atoms with E-state index >= 15 is 0 Å². The number of carbonyl (C=O) groups excluding carboxylic acids is 2. The molecule has 0 radical (unpaired) electrons. The van der Waals surface area contributed by atoms with E-state index in [2.05, 4.69) is 20.8 Å². The number of hydrogen-bond acceptors (Lipinski definition) is 6. The van der Waals surface area contributed by atoms with Gasteiger partial charge in [0.1, 0.15) is 6.61 Å². The number of methoxy groups -OCH3 is 2. The first-order chi connectivity index (χ1) is 18.9. The fourth-order valence-corrected chi connectivity index (χ4v) is 6.80. The van der Waals surface area contributed by atoms with Gasteiger partial charge in [-0.25, -0.2) is 0 Å². The van der Waals surface area contributed by atoms with Gasteiger partial charge in [0.2, 0.25) is 0 Å². The third-order valence-electron chi connectivity index (χ3n) is 7.67. The summed E-state index contributed by atoms with van der Waals surface area (Å²) in [5.74, 6) is 0.936. The zero-order valence-corrected chi connectivity index (χ0v) is 24.7. The maximum atomic E-state index is 13.5. The lowest BCUT2D eigenvalue weighted by Gasteiger charge is -2.44. The summed E-state index contributed by atoms with van der Waals surface area (Å²) >= 11 is 9.84. The number of benzene rings is 2. The monoisotopic (exact) mass is 613 g/mol. The van der Waals surface area contributed by atoms with E-state index in [9.17, 15) is 9.59 Å². The SMILES string of the molecule is COCCCN1C2=C(C(=O)CCC2)C(c2cc(Br)c(OCc3cccc(Cl)c3)c(OC)c2)C2=C1CCCC2=O. The average Bonchev–Trinajstić information content (AvgIpc) is 2.92. The van der Waals surface area contributed by atoms with Gasteiger partial charge in [0.25, 0.3) is 0 Å². The zero-order valence-electron chi connectivity index (χ0n) is 22.4. The first kappa shape index (κ1) is 27.9. The minimum atomic E-state index is -0.415. The van der Waals surface area contributed by atoms with Crippen LogP contribution >= 0.6 is 27.5 Å². The van der Waals surface area contributed by atoms with Crippen LogP contribution in [0.25, 0.3) is 0 Å². The Morgan fingerprint density at radius 2 is 1.67 bits per heavy atom. The van der Waals surface area contributed by atoms with Gasteiger partial charge in [-0.15, -0.1) is 0 Å². The van der Waals surface area contributed by atoms with Crippen molar-refractivity contribution in [1.82, 2.24) is 4.90 Å². The summed E-state index contributed by atoms with van der Waals surface area (Å²) in [5, 5.41) is 0.647.